The average molecular weight is 176 g/mol. The van der Waals surface area contributed by atoms with E-state index in [-0.39, 0.29) is 0 Å². The highest BCUT2D eigenvalue weighted by atomic mass is 16.1. The van der Waals surface area contributed by atoms with Crippen LogP contribution < -0.4 is 4.90 Å². The molecule has 0 unspecified atom stereocenters. The molecule has 1 aliphatic rings. The summed E-state index contributed by atoms with van der Waals surface area (Å²) in [6.45, 7) is 2.12. The number of aldehydes is 1. The van der Waals surface area contributed by atoms with Gasteiger partial charge in [-0.05, 0) is 18.9 Å². The van der Waals surface area contributed by atoms with Crippen molar-refractivity contribution < 1.29 is 4.79 Å². The monoisotopic (exact) mass is 176 g/mol. The lowest BCUT2D eigenvalue weighted by Gasteiger charge is -2.18. The van der Waals surface area contributed by atoms with Crippen LogP contribution in [0.2, 0.25) is 0 Å². The third kappa shape index (κ3) is 1.54. The molecule has 13 heavy (non-hydrogen) atoms. The quantitative estimate of drug-likeness (QED) is 0.640. The van der Waals surface area contributed by atoms with Gasteiger partial charge in [-0.15, -0.1) is 0 Å². The second kappa shape index (κ2) is 3.56. The van der Waals surface area contributed by atoms with Crippen LogP contribution in [0.4, 0.5) is 5.69 Å². The molecule has 0 spiro atoms. The van der Waals surface area contributed by atoms with Crippen LogP contribution in [-0.2, 0) is 0 Å². The summed E-state index contributed by atoms with van der Waals surface area (Å²) in [6.07, 6.45) is 6.68. The molecule has 0 aliphatic carbocycles. The summed E-state index contributed by atoms with van der Waals surface area (Å²) in [7, 11) is 0. The van der Waals surface area contributed by atoms with E-state index in [1.54, 1.807) is 12.4 Å². The highest BCUT2D eigenvalue weighted by Crippen LogP contribution is 2.21. The number of pyridine rings is 1. The lowest BCUT2D eigenvalue weighted by Crippen LogP contribution is -2.19. The number of rotatable bonds is 2. The molecule has 1 aromatic heterocycles. The summed E-state index contributed by atoms with van der Waals surface area (Å²) in [6, 6.07) is 1.91. The van der Waals surface area contributed by atoms with Crippen LogP contribution in [0.15, 0.2) is 18.5 Å². The topological polar surface area (TPSA) is 33.2 Å². The van der Waals surface area contributed by atoms with E-state index in [0.29, 0.717) is 5.56 Å². The second-order valence-electron chi connectivity index (χ2n) is 3.25. The van der Waals surface area contributed by atoms with E-state index < -0.39 is 0 Å². The average Bonchev–Trinajstić information content (AvgIpc) is 2.70. The van der Waals surface area contributed by atoms with Gasteiger partial charge in [0, 0.05) is 25.5 Å². The lowest BCUT2D eigenvalue weighted by molar-refractivity contribution is 0.112. The van der Waals surface area contributed by atoms with Crippen LogP contribution >= 0.6 is 0 Å². The van der Waals surface area contributed by atoms with Crippen LogP contribution in [0.5, 0.6) is 0 Å². The zero-order valence-electron chi connectivity index (χ0n) is 7.44. The van der Waals surface area contributed by atoms with E-state index in [9.17, 15) is 4.79 Å². The van der Waals surface area contributed by atoms with Crippen LogP contribution in [0, 0.1) is 0 Å². The predicted octanol–water partition coefficient (Wildman–Crippen LogP) is 1.49. The Labute approximate surface area is 77.4 Å². The van der Waals surface area contributed by atoms with Gasteiger partial charge in [-0.3, -0.25) is 9.78 Å². The van der Waals surface area contributed by atoms with E-state index in [1.165, 1.54) is 12.8 Å². The molecule has 3 nitrogen and oxygen atoms in total. The van der Waals surface area contributed by atoms with Crippen molar-refractivity contribution in [1.82, 2.24) is 4.98 Å². The maximum atomic E-state index is 10.7. The molecule has 1 aromatic rings. The van der Waals surface area contributed by atoms with Crippen LogP contribution in [-0.4, -0.2) is 24.4 Å². The normalized spacial score (nSPS) is 16.2. The molecule has 1 fully saturated rings. The van der Waals surface area contributed by atoms with E-state index in [0.717, 1.165) is 25.1 Å². The molecule has 1 aliphatic heterocycles. The van der Waals surface area contributed by atoms with Gasteiger partial charge in [-0.2, -0.15) is 0 Å². The Morgan fingerprint density at radius 3 is 2.85 bits per heavy atom. The summed E-state index contributed by atoms with van der Waals surface area (Å²) >= 11 is 0. The smallest absolute Gasteiger partial charge is 0.153 e. The molecule has 3 heteroatoms. The molecule has 0 aromatic carbocycles. The summed E-state index contributed by atoms with van der Waals surface area (Å²) in [5.74, 6) is 0. The number of aromatic nitrogens is 1. The minimum atomic E-state index is 0.699. The minimum Gasteiger partial charge on any atom is -0.371 e. The van der Waals surface area contributed by atoms with Crippen molar-refractivity contribution in [2.24, 2.45) is 0 Å². The van der Waals surface area contributed by atoms with Gasteiger partial charge < -0.3 is 4.90 Å². The summed E-state index contributed by atoms with van der Waals surface area (Å²) in [5, 5.41) is 0. The number of nitrogens with zero attached hydrogens (tertiary/aromatic N) is 2. The molecular weight excluding hydrogens is 164 g/mol. The number of carbonyl (C=O) groups is 1. The van der Waals surface area contributed by atoms with Crippen LogP contribution in [0.3, 0.4) is 0 Å². The minimum absolute atomic E-state index is 0.699. The van der Waals surface area contributed by atoms with Crippen LogP contribution in [0.25, 0.3) is 0 Å². The summed E-state index contributed by atoms with van der Waals surface area (Å²) in [4.78, 5) is 16.9. The highest BCUT2D eigenvalue weighted by molar-refractivity contribution is 5.83. The molecular formula is C10H12N2O. The first kappa shape index (κ1) is 8.23. The Bertz CT molecular complexity index is 306. The fourth-order valence-electron chi connectivity index (χ4n) is 1.74. The summed E-state index contributed by atoms with van der Waals surface area (Å²) in [5.41, 5.74) is 1.73. The third-order valence-corrected chi connectivity index (χ3v) is 2.40. The molecule has 0 atom stereocenters. The number of hydrogen-bond acceptors (Lipinski definition) is 3. The Morgan fingerprint density at radius 2 is 2.15 bits per heavy atom. The zero-order valence-corrected chi connectivity index (χ0v) is 7.44. The van der Waals surface area contributed by atoms with Gasteiger partial charge in [0.25, 0.3) is 0 Å². The number of anilines is 1. The largest absolute Gasteiger partial charge is 0.371 e. The number of carbonyl (C=O) groups excluding carboxylic acids is 1. The van der Waals surface area contributed by atoms with Crippen molar-refractivity contribution in [3.63, 3.8) is 0 Å². The zero-order chi connectivity index (χ0) is 9.10. The molecule has 0 N–H and O–H groups in total. The van der Waals surface area contributed by atoms with Gasteiger partial charge in [0.15, 0.2) is 6.29 Å². The van der Waals surface area contributed by atoms with Crippen molar-refractivity contribution in [1.29, 1.82) is 0 Å². The highest BCUT2D eigenvalue weighted by Gasteiger charge is 2.14. The van der Waals surface area contributed by atoms with Crippen molar-refractivity contribution in [3.05, 3.63) is 24.0 Å². The maximum Gasteiger partial charge on any atom is 0.153 e. The molecule has 1 saturated heterocycles. The fraction of sp³-hybridized carbons (Fsp3) is 0.400. The standard InChI is InChI=1S/C10H12N2O/c13-8-9-7-11-4-3-10(9)12-5-1-2-6-12/h3-4,7-8H,1-2,5-6H2. The van der Waals surface area contributed by atoms with E-state index in [2.05, 4.69) is 9.88 Å². The van der Waals surface area contributed by atoms with Gasteiger partial charge >= 0.3 is 0 Å². The van der Waals surface area contributed by atoms with Gasteiger partial charge in [-0.25, -0.2) is 0 Å². The molecule has 0 radical (unpaired) electrons. The number of hydrogen-bond donors (Lipinski definition) is 0. The van der Waals surface area contributed by atoms with Gasteiger partial charge in [0.05, 0.1) is 11.3 Å². The summed E-state index contributed by atoms with van der Waals surface area (Å²) < 4.78 is 0. The molecule has 0 saturated carbocycles. The first-order valence-corrected chi connectivity index (χ1v) is 4.56. The molecule has 0 amide bonds. The third-order valence-electron chi connectivity index (χ3n) is 2.40. The molecule has 2 rings (SSSR count). The van der Waals surface area contributed by atoms with E-state index in [1.807, 2.05) is 6.07 Å². The predicted molar refractivity (Wildman–Crippen MR) is 51.1 cm³/mol. The van der Waals surface area contributed by atoms with Crippen LogP contribution in [0.1, 0.15) is 23.2 Å². The van der Waals surface area contributed by atoms with E-state index in [4.69, 9.17) is 0 Å². The fourth-order valence-corrected chi connectivity index (χ4v) is 1.74. The van der Waals surface area contributed by atoms with Gasteiger partial charge in [0.2, 0.25) is 0 Å². The Morgan fingerprint density at radius 1 is 1.38 bits per heavy atom. The Kier molecular flexibility index (Phi) is 2.25. The van der Waals surface area contributed by atoms with Crippen molar-refractivity contribution >= 4 is 12.0 Å². The first-order chi connectivity index (χ1) is 6.42. The van der Waals surface area contributed by atoms with Crippen molar-refractivity contribution in [3.8, 4) is 0 Å². The van der Waals surface area contributed by atoms with Gasteiger partial charge in [0.1, 0.15) is 0 Å². The molecule has 2 heterocycles. The SMILES string of the molecule is O=Cc1cnccc1N1CCCC1. The van der Waals surface area contributed by atoms with Gasteiger partial charge in [-0.1, -0.05) is 0 Å². The lowest BCUT2D eigenvalue weighted by atomic mass is 10.2. The Hall–Kier alpha value is -1.38. The molecule has 0 bridgehead atoms. The van der Waals surface area contributed by atoms with Crippen molar-refractivity contribution in [2.75, 3.05) is 18.0 Å². The second-order valence-corrected chi connectivity index (χ2v) is 3.25. The maximum absolute atomic E-state index is 10.7. The Balaban J connectivity index is 2.31. The van der Waals surface area contributed by atoms with E-state index >= 15 is 0 Å². The first-order valence-electron chi connectivity index (χ1n) is 4.56. The van der Waals surface area contributed by atoms with Crippen molar-refractivity contribution in [2.45, 2.75) is 12.8 Å². The molecule has 68 valence electrons.